The molecule has 0 saturated carbocycles. The Hall–Kier alpha value is -2.35. The van der Waals surface area contributed by atoms with Gasteiger partial charge in [-0.15, -0.1) is 0 Å². The Labute approximate surface area is 124 Å². The number of para-hydroxylation sites is 2. The predicted molar refractivity (Wildman–Crippen MR) is 78.2 cm³/mol. The fourth-order valence-corrected chi connectivity index (χ4v) is 2.77. The monoisotopic (exact) mass is 303 g/mol. The molecule has 21 heavy (non-hydrogen) atoms. The minimum atomic E-state index is -0.866. The van der Waals surface area contributed by atoms with E-state index >= 15 is 0 Å². The number of carboxylic acid groups (broad SMARTS) is 1. The van der Waals surface area contributed by atoms with Crippen LogP contribution in [0.3, 0.4) is 0 Å². The molecule has 7 nitrogen and oxygen atoms in total. The van der Waals surface area contributed by atoms with E-state index in [4.69, 9.17) is 5.11 Å². The van der Waals surface area contributed by atoms with Gasteiger partial charge in [-0.3, -0.25) is 9.48 Å². The third-order valence-corrected chi connectivity index (χ3v) is 3.85. The molecule has 1 aromatic carbocycles. The van der Waals surface area contributed by atoms with Gasteiger partial charge >= 0.3 is 5.97 Å². The molecule has 0 aliphatic carbocycles. The van der Waals surface area contributed by atoms with E-state index in [0.717, 1.165) is 11.0 Å². The average Bonchev–Trinajstić information content (AvgIpc) is 3.01. The minimum Gasteiger partial charge on any atom is -0.481 e. The van der Waals surface area contributed by atoms with E-state index in [-0.39, 0.29) is 5.75 Å². The molecule has 0 amide bonds. The van der Waals surface area contributed by atoms with Crippen LogP contribution < -0.4 is 0 Å². The van der Waals surface area contributed by atoms with Crippen LogP contribution in [0.2, 0.25) is 0 Å². The number of benzene rings is 1. The summed E-state index contributed by atoms with van der Waals surface area (Å²) < 4.78 is 3.58. The molecule has 0 radical (unpaired) electrons. The summed E-state index contributed by atoms with van der Waals surface area (Å²) in [6.07, 6.45) is 1.64. The van der Waals surface area contributed by atoms with Crippen molar-refractivity contribution in [1.29, 1.82) is 0 Å². The van der Waals surface area contributed by atoms with E-state index in [2.05, 4.69) is 15.1 Å². The average molecular weight is 303 g/mol. The molecule has 3 aromatic rings. The molecule has 0 aliphatic heterocycles. The molecule has 3 rings (SSSR count). The first kappa shape index (κ1) is 13.6. The molecular weight excluding hydrogens is 290 g/mol. The second-order valence-corrected chi connectivity index (χ2v) is 5.43. The number of carboxylic acids is 1. The van der Waals surface area contributed by atoms with Gasteiger partial charge in [-0.05, 0) is 12.1 Å². The highest BCUT2D eigenvalue weighted by Crippen LogP contribution is 2.24. The van der Waals surface area contributed by atoms with Crippen molar-refractivity contribution in [2.75, 3.05) is 5.75 Å². The number of imidazole rings is 1. The topological polar surface area (TPSA) is 85.8 Å². The van der Waals surface area contributed by atoms with Gasteiger partial charge in [0.05, 0.1) is 23.3 Å². The van der Waals surface area contributed by atoms with Crippen molar-refractivity contribution in [3.8, 4) is 0 Å². The number of aliphatic carboxylic acids is 1. The van der Waals surface area contributed by atoms with Crippen LogP contribution in [0.5, 0.6) is 0 Å². The van der Waals surface area contributed by atoms with Crippen molar-refractivity contribution >= 4 is 28.8 Å². The van der Waals surface area contributed by atoms with Crippen molar-refractivity contribution in [2.45, 2.75) is 11.7 Å². The highest BCUT2D eigenvalue weighted by Gasteiger charge is 2.14. The first-order chi connectivity index (χ1) is 10.1. The van der Waals surface area contributed by atoms with Gasteiger partial charge in [0.1, 0.15) is 6.33 Å². The Morgan fingerprint density at radius 1 is 1.38 bits per heavy atom. The maximum atomic E-state index is 10.8. The van der Waals surface area contributed by atoms with Crippen molar-refractivity contribution in [3.05, 3.63) is 36.4 Å². The number of rotatable bonds is 5. The number of hydrogen-bond donors (Lipinski definition) is 1. The third kappa shape index (κ3) is 2.89. The van der Waals surface area contributed by atoms with E-state index in [1.165, 1.54) is 11.8 Å². The molecule has 0 atom stereocenters. The summed E-state index contributed by atoms with van der Waals surface area (Å²) >= 11 is 1.20. The van der Waals surface area contributed by atoms with Crippen molar-refractivity contribution in [1.82, 2.24) is 24.3 Å². The fourth-order valence-electron chi connectivity index (χ4n) is 2.04. The maximum absolute atomic E-state index is 10.8. The number of hydrogen-bond acceptors (Lipinski definition) is 5. The second kappa shape index (κ2) is 5.57. The highest BCUT2D eigenvalue weighted by atomic mass is 32.2. The third-order valence-electron chi connectivity index (χ3n) is 2.89. The zero-order valence-corrected chi connectivity index (χ0v) is 12.1. The molecule has 0 unspecified atom stereocenters. The van der Waals surface area contributed by atoms with Crippen LogP contribution in [0.1, 0.15) is 5.82 Å². The number of fused-ring (bicyclic) bond motifs is 1. The maximum Gasteiger partial charge on any atom is 0.313 e. The summed E-state index contributed by atoms with van der Waals surface area (Å²) in [6, 6.07) is 7.70. The summed E-state index contributed by atoms with van der Waals surface area (Å²) in [5.41, 5.74) is 1.78. The fraction of sp³-hybridized carbons (Fsp3) is 0.231. The summed E-state index contributed by atoms with van der Waals surface area (Å²) in [7, 11) is 1.81. The quantitative estimate of drug-likeness (QED) is 0.717. The molecule has 0 fully saturated rings. The standard InChI is InChI=1S/C13H13N5O2S/c1-17-8-14-11(16-17)6-18-10-5-3-2-4-9(10)15-13(18)21-7-12(19)20/h2-5,8H,6-7H2,1H3,(H,19,20). The molecule has 0 spiro atoms. The van der Waals surface area contributed by atoms with Crippen LogP contribution in [0.25, 0.3) is 11.0 Å². The van der Waals surface area contributed by atoms with Crippen molar-refractivity contribution < 1.29 is 9.90 Å². The smallest absolute Gasteiger partial charge is 0.313 e. The lowest BCUT2D eigenvalue weighted by molar-refractivity contribution is -0.133. The second-order valence-electron chi connectivity index (χ2n) is 4.49. The number of aryl methyl sites for hydroxylation is 1. The number of thioether (sulfide) groups is 1. The van der Waals surface area contributed by atoms with E-state index < -0.39 is 5.97 Å². The van der Waals surface area contributed by atoms with Gasteiger partial charge in [-0.2, -0.15) is 5.10 Å². The van der Waals surface area contributed by atoms with Gasteiger partial charge in [-0.1, -0.05) is 23.9 Å². The minimum absolute atomic E-state index is 0.0288. The molecule has 0 saturated heterocycles. The van der Waals surface area contributed by atoms with Gasteiger partial charge in [0.25, 0.3) is 0 Å². The zero-order chi connectivity index (χ0) is 14.8. The molecule has 108 valence electrons. The molecule has 0 bridgehead atoms. The van der Waals surface area contributed by atoms with Crippen molar-refractivity contribution in [3.63, 3.8) is 0 Å². The Morgan fingerprint density at radius 3 is 2.90 bits per heavy atom. The largest absolute Gasteiger partial charge is 0.481 e. The Kier molecular flexibility index (Phi) is 3.61. The summed E-state index contributed by atoms with van der Waals surface area (Å²) in [4.78, 5) is 19.5. The number of aromatic nitrogens is 5. The van der Waals surface area contributed by atoms with Gasteiger partial charge in [0.15, 0.2) is 11.0 Å². The normalized spacial score (nSPS) is 11.1. The molecule has 2 heterocycles. The van der Waals surface area contributed by atoms with E-state index in [1.807, 2.05) is 35.9 Å². The Balaban J connectivity index is 2.00. The Morgan fingerprint density at radius 2 is 2.19 bits per heavy atom. The van der Waals surface area contributed by atoms with Crippen LogP contribution in [0.15, 0.2) is 35.7 Å². The lowest BCUT2D eigenvalue weighted by atomic mass is 10.3. The molecule has 1 N–H and O–H groups in total. The van der Waals surface area contributed by atoms with E-state index in [1.54, 1.807) is 11.0 Å². The van der Waals surface area contributed by atoms with Gasteiger partial charge in [0, 0.05) is 7.05 Å². The van der Waals surface area contributed by atoms with Crippen LogP contribution in [0, 0.1) is 0 Å². The van der Waals surface area contributed by atoms with Crippen LogP contribution in [0.4, 0.5) is 0 Å². The molecule has 2 aromatic heterocycles. The summed E-state index contributed by atoms with van der Waals surface area (Å²) in [5, 5.41) is 13.8. The van der Waals surface area contributed by atoms with Crippen LogP contribution in [-0.4, -0.2) is 41.1 Å². The van der Waals surface area contributed by atoms with Gasteiger partial charge in [0.2, 0.25) is 0 Å². The Bertz CT molecular complexity index is 795. The zero-order valence-electron chi connectivity index (χ0n) is 11.3. The van der Waals surface area contributed by atoms with Crippen LogP contribution >= 0.6 is 11.8 Å². The summed E-state index contributed by atoms with van der Waals surface area (Å²) in [6.45, 7) is 0.462. The molecular formula is C13H13N5O2S. The lowest BCUT2D eigenvalue weighted by Crippen LogP contribution is -2.06. The van der Waals surface area contributed by atoms with E-state index in [0.29, 0.717) is 17.5 Å². The van der Waals surface area contributed by atoms with Crippen LogP contribution in [-0.2, 0) is 18.4 Å². The first-order valence-electron chi connectivity index (χ1n) is 6.28. The first-order valence-corrected chi connectivity index (χ1v) is 7.26. The van der Waals surface area contributed by atoms with Crippen molar-refractivity contribution in [2.24, 2.45) is 7.05 Å². The lowest BCUT2D eigenvalue weighted by Gasteiger charge is -2.05. The highest BCUT2D eigenvalue weighted by molar-refractivity contribution is 7.99. The molecule has 8 heteroatoms. The number of carbonyl (C=O) groups is 1. The summed E-state index contributed by atoms with van der Waals surface area (Å²) in [5.74, 6) is -0.230. The van der Waals surface area contributed by atoms with Gasteiger partial charge in [-0.25, -0.2) is 9.97 Å². The predicted octanol–water partition coefficient (Wildman–Crippen LogP) is 1.39. The molecule has 0 aliphatic rings. The van der Waals surface area contributed by atoms with E-state index in [9.17, 15) is 4.79 Å². The SMILES string of the molecule is Cn1cnc(Cn2c(SCC(=O)O)nc3ccccc32)n1. The van der Waals surface area contributed by atoms with Gasteiger partial charge < -0.3 is 9.67 Å². The number of nitrogens with zero attached hydrogens (tertiary/aromatic N) is 5.